The highest BCUT2D eigenvalue weighted by atomic mass is 19.3. The molecular weight excluding hydrogens is 365 g/mol. The maximum absolute atomic E-state index is 14.4. The highest BCUT2D eigenvalue weighted by Gasteiger charge is 2.22. The lowest BCUT2D eigenvalue weighted by Crippen LogP contribution is -2.26. The third-order valence-corrected chi connectivity index (χ3v) is 4.86. The first-order valence-electron chi connectivity index (χ1n) is 8.98. The van der Waals surface area contributed by atoms with E-state index < -0.39 is 6.43 Å². The number of rotatable bonds is 3. The molecule has 0 atom stereocenters. The van der Waals surface area contributed by atoms with Crippen LogP contribution in [0.3, 0.4) is 0 Å². The molecule has 2 aromatic carbocycles. The van der Waals surface area contributed by atoms with E-state index in [-0.39, 0.29) is 11.5 Å². The molecule has 144 valence electrons. The molecule has 0 fully saturated rings. The van der Waals surface area contributed by atoms with Gasteiger partial charge in [-0.3, -0.25) is 0 Å². The van der Waals surface area contributed by atoms with Crippen molar-refractivity contribution in [3.05, 3.63) is 71.7 Å². The SMILES string of the molecule is CN1CCN(c2ccccc2F)c2ccc(-c3ccc(C(F)F)nn3)cc2C1. The fourth-order valence-electron chi connectivity index (χ4n) is 3.43. The molecule has 0 saturated heterocycles. The second kappa shape index (κ2) is 7.59. The zero-order valence-corrected chi connectivity index (χ0v) is 15.3. The molecule has 1 aliphatic heterocycles. The number of hydrogen-bond acceptors (Lipinski definition) is 4. The van der Waals surface area contributed by atoms with Crippen molar-refractivity contribution in [2.24, 2.45) is 0 Å². The summed E-state index contributed by atoms with van der Waals surface area (Å²) < 4.78 is 39.8. The molecule has 0 saturated carbocycles. The van der Waals surface area contributed by atoms with Crippen molar-refractivity contribution in [3.8, 4) is 11.3 Å². The molecule has 0 bridgehead atoms. The van der Waals surface area contributed by atoms with Crippen LogP contribution in [0.1, 0.15) is 17.7 Å². The molecule has 2 heterocycles. The van der Waals surface area contributed by atoms with Crippen molar-refractivity contribution in [2.45, 2.75) is 13.0 Å². The Bertz CT molecular complexity index is 976. The maximum atomic E-state index is 14.4. The average Bonchev–Trinajstić information content (AvgIpc) is 2.86. The first-order chi connectivity index (χ1) is 13.5. The van der Waals surface area contributed by atoms with Crippen molar-refractivity contribution >= 4 is 11.4 Å². The summed E-state index contributed by atoms with van der Waals surface area (Å²) in [6, 6.07) is 15.3. The summed E-state index contributed by atoms with van der Waals surface area (Å²) in [6.07, 6.45) is -2.64. The first-order valence-corrected chi connectivity index (χ1v) is 8.98. The molecule has 1 aliphatic rings. The molecular formula is C21H19F3N4. The van der Waals surface area contributed by atoms with Gasteiger partial charge >= 0.3 is 0 Å². The monoisotopic (exact) mass is 384 g/mol. The van der Waals surface area contributed by atoms with E-state index in [1.807, 2.05) is 36.2 Å². The number of halogens is 3. The Labute approximate surface area is 161 Å². The van der Waals surface area contributed by atoms with Crippen LogP contribution in [-0.2, 0) is 6.54 Å². The molecule has 0 radical (unpaired) electrons. The number of anilines is 2. The zero-order chi connectivity index (χ0) is 19.7. The minimum atomic E-state index is -2.64. The van der Waals surface area contributed by atoms with E-state index in [0.29, 0.717) is 24.5 Å². The van der Waals surface area contributed by atoms with Crippen molar-refractivity contribution in [3.63, 3.8) is 0 Å². The topological polar surface area (TPSA) is 32.3 Å². The third-order valence-electron chi connectivity index (χ3n) is 4.86. The number of likely N-dealkylation sites (N-methyl/N-ethyl adjacent to an activating group) is 1. The number of hydrogen-bond donors (Lipinski definition) is 0. The summed E-state index contributed by atoms with van der Waals surface area (Å²) >= 11 is 0. The molecule has 0 aliphatic carbocycles. The summed E-state index contributed by atoms with van der Waals surface area (Å²) in [5, 5.41) is 7.54. The van der Waals surface area contributed by atoms with Gasteiger partial charge in [-0.1, -0.05) is 18.2 Å². The Morgan fingerprint density at radius 2 is 1.75 bits per heavy atom. The van der Waals surface area contributed by atoms with Gasteiger partial charge in [0.15, 0.2) is 0 Å². The number of nitrogens with zero attached hydrogens (tertiary/aromatic N) is 4. The van der Waals surface area contributed by atoms with E-state index in [0.717, 1.165) is 23.4 Å². The lowest BCUT2D eigenvalue weighted by Gasteiger charge is -2.25. The highest BCUT2D eigenvalue weighted by Crippen LogP contribution is 2.35. The Morgan fingerprint density at radius 1 is 0.929 bits per heavy atom. The fourth-order valence-corrected chi connectivity index (χ4v) is 3.43. The predicted molar refractivity (Wildman–Crippen MR) is 102 cm³/mol. The molecule has 4 rings (SSSR count). The molecule has 7 heteroatoms. The number of para-hydroxylation sites is 1. The van der Waals surface area contributed by atoms with Gasteiger partial charge < -0.3 is 9.80 Å². The minimum Gasteiger partial charge on any atom is -0.338 e. The molecule has 28 heavy (non-hydrogen) atoms. The summed E-state index contributed by atoms with van der Waals surface area (Å²) in [7, 11) is 2.01. The van der Waals surface area contributed by atoms with Crippen LogP contribution in [0.25, 0.3) is 11.3 Å². The molecule has 3 aromatic rings. The van der Waals surface area contributed by atoms with Crippen molar-refractivity contribution in [1.82, 2.24) is 15.1 Å². The van der Waals surface area contributed by atoms with Gasteiger partial charge in [0.25, 0.3) is 6.43 Å². The first kappa shape index (κ1) is 18.4. The van der Waals surface area contributed by atoms with Crippen LogP contribution in [0.5, 0.6) is 0 Å². The van der Waals surface area contributed by atoms with Gasteiger partial charge in [0.05, 0.1) is 11.4 Å². The van der Waals surface area contributed by atoms with Gasteiger partial charge in [0, 0.05) is 30.9 Å². The lowest BCUT2D eigenvalue weighted by atomic mass is 10.0. The van der Waals surface area contributed by atoms with Crippen molar-refractivity contribution in [1.29, 1.82) is 0 Å². The summed E-state index contributed by atoms with van der Waals surface area (Å²) in [6.45, 7) is 2.13. The Hall–Kier alpha value is -2.93. The van der Waals surface area contributed by atoms with Gasteiger partial charge in [0.2, 0.25) is 0 Å². The molecule has 0 unspecified atom stereocenters. The highest BCUT2D eigenvalue weighted by molar-refractivity contribution is 5.72. The number of benzene rings is 2. The van der Waals surface area contributed by atoms with Gasteiger partial charge in [-0.15, -0.1) is 5.10 Å². The number of alkyl halides is 2. The quantitative estimate of drug-likeness (QED) is 0.649. The third kappa shape index (κ3) is 3.57. The summed E-state index contributed by atoms with van der Waals surface area (Å²) in [5.41, 5.74) is 3.44. The maximum Gasteiger partial charge on any atom is 0.282 e. The average molecular weight is 384 g/mol. The number of aromatic nitrogens is 2. The summed E-state index contributed by atoms with van der Waals surface area (Å²) in [5.74, 6) is -0.268. The van der Waals surface area contributed by atoms with Crippen LogP contribution in [0.4, 0.5) is 24.5 Å². The van der Waals surface area contributed by atoms with E-state index in [1.165, 1.54) is 12.1 Å². The van der Waals surface area contributed by atoms with Gasteiger partial charge in [-0.2, -0.15) is 5.10 Å². The Kier molecular flexibility index (Phi) is 5.00. The van der Waals surface area contributed by atoms with Crippen molar-refractivity contribution < 1.29 is 13.2 Å². The van der Waals surface area contributed by atoms with Crippen LogP contribution >= 0.6 is 0 Å². The van der Waals surface area contributed by atoms with Gasteiger partial charge in [0.1, 0.15) is 11.5 Å². The summed E-state index contributed by atoms with van der Waals surface area (Å²) in [4.78, 5) is 4.14. The molecule has 0 N–H and O–H groups in total. The van der Waals surface area contributed by atoms with Gasteiger partial charge in [-0.25, -0.2) is 13.2 Å². The Morgan fingerprint density at radius 3 is 2.46 bits per heavy atom. The number of fused-ring (bicyclic) bond motifs is 1. The second-order valence-electron chi connectivity index (χ2n) is 6.83. The van der Waals surface area contributed by atoms with E-state index in [9.17, 15) is 13.2 Å². The van der Waals surface area contributed by atoms with Crippen LogP contribution < -0.4 is 4.90 Å². The lowest BCUT2D eigenvalue weighted by molar-refractivity contribution is 0.145. The largest absolute Gasteiger partial charge is 0.338 e. The molecule has 1 aromatic heterocycles. The van der Waals surface area contributed by atoms with E-state index in [1.54, 1.807) is 18.2 Å². The van der Waals surface area contributed by atoms with Gasteiger partial charge in [-0.05, 0) is 49.0 Å². The predicted octanol–water partition coefficient (Wildman–Crippen LogP) is 4.80. The molecule has 4 nitrogen and oxygen atoms in total. The van der Waals surface area contributed by atoms with Crippen LogP contribution in [0, 0.1) is 5.82 Å². The van der Waals surface area contributed by atoms with E-state index in [2.05, 4.69) is 15.1 Å². The minimum absolute atomic E-state index is 0.268. The van der Waals surface area contributed by atoms with Crippen LogP contribution in [0.15, 0.2) is 54.6 Å². The van der Waals surface area contributed by atoms with Crippen molar-refractivity contribution in [2.75, 3.05) is 25.0 Å². The second-order valence-corrected chi connectivity index (χ2v) is 6.83. The van der Waals surface area contributed by atoms with Crippen LogP contribution in [0.2, 0.25) is 0 Å². The normalized spacial score (nSPS) is 14.8. The fraction of sp³-hybridized carbons (Fsp3) is 0.238. The zero-order valence-electron chi connectivity index (χ0n) is 15.3. The Balaban J connectivity index is 1.75. The van der Waals surface area contributed by atoms with E-state index >= 15 is 0 Å². The molecule has 0 amide bonds. The smallest absolute Gasteiger partial charge is 0.282 e. The molecule has 0 spiro atoms. The van der Waals surface area contributed by atoms with Crippen LogP contribution in [-0.4, -0.2) is 35.2 Å². The standard InChI is InChI=1S/C21H19F3N4/c1-27-10-11-28(20-5-3-2-4-16(20)22)19-9-6-14(12-15(19)13-27)17-7-8-18(21(23)24)26-25-17/h2-9,12,21H,10-11,13H2,1H3. The van der Waals surface area contributed by atoms with E-state index in [4.69, 9.17) is 0 Å².